The number of halogens is 2. The molecule has 1 N–H and O–H groups in total. The second-order valence-electron chi connectivity index (χ2n) is 5.37. The zero-order valence-electron chi connectivity index (χ0n) is 12.7. The third-order valence-corrected chi connectivity index (χ3v) is 4.21. The van der Waals surface area contributed by atoms with Crippen LogP contribution in [-0.4, -0.2) is 5.91 Å². The Balaban J connectivity index is 1.95. The Labute approximate surface area is 148 Å². The lowest BCUT2D eigenvalue weighted by atomic mass is 9.90. The molecule has 0 atom stereocenters. The number of hydrogen-bond donors (Lipinski definition) is 1. The van der Waals surface area contributed by atoms with Crippen molar-refractivity contribution in [3.63, 3.8) is 0 Å². The van der Waals surface area contributed by atoms with Gasteiger partial charge < -0.3 is 5.32 Å². The molecule has 0 aliphatic heterocycles. The molecule has 0 saturated heterocycles. The van der Waals surface area contributed by atoms with Gasteiger partial charge in [-0.2, -0.15) is 0 Å². The van der Waals surface area contributed by atoms with Crippen molar-refractivity contribution in [2.75, 3.05) is 5.32 Å². The molecule has 0 unspecified atom stereocenters. The van der Waals surface area contributed by atoms with E-state index in [0.717, 1.165) is 11.1 Å². The summed E-state index contributed by atoms with van der Waals surface area (Å²) in [6.07, 6.45) is 0. The summed E-state index contributed by atoms with van der Waals surface area (Å²) in [6.45, 7) is 0. The van der Waals surface area contributed by atoms with Gasteiger partial charge in [0.05, 0.1) is 11.6 Å². The SMILES string of the molecule is O=C(Nc1ccc(Br)cc1F)C(c1ccccc1)c1ccccc1. The Kier molecular flexibility index (Phi) is 5.06. The summed E-state index contributed by atoms with van der Waals surface area (Å²) in [7, 11) is 0. The number of anilines is 1. The van der Waals surface area contributed by atoms with E-state index >= 15 is 0 Å². The van der Waals surface area contributed by atoms with Crippen LogP contribution in [0, 0.1) is 5.82 Å². The van der Waals surface area contributed by atoms with E-state index in [4.69, 9.17) is 0 Å². The molecule has 2 nitrogen and oxygen atoms in total. The quantitative estimate of drug-likeness (QED) is 0.645. The molecule has 0 aliphatic rings. The normalized spacial score (nSPS) is 10.6. The Morgan fingerprint density at radius 2 is 1.42 bits per heavy atom. The van der Waals surface area contributed by atoms with Gasteiger partial charge >= 0.3 is 0 Å². The van der Waals surface area contributed by atoms with Crippen molar-refractivity contribution in [1.29, 1.82) is 0 Å². The van der Waals surface area contributed by atoms with Crippen LogP contribution in [0.4, 0.5) is 10.1 Å². The largest absolute Gasteiger partial charge is 0.323 e. The van der Waals surface area contributed by atoms with Gasteiger partial charge in [0, 0.05) is 4.47 Å². The van der Waals surface area contributed by atoms with E-state index in [2.05, 4.69) is 21.2 Å². The number of amides is 1. The monoisotopic (exact) mass is 383 g/mol. The van der Waals surface area contributed by atoms with Gasteiger partial charge in [-0.1, -0.05) is 76.6 Å². The maximum Gasteiger partial charge on any atom is 0.236 e. The summed E-state index contributed by atoms with van der Waals surface area (Å²) >= 11 is 3.21. The maximum absolute atomic E-state index is 14.0. The van der Waals surface area contributed by atoms with Crippen LogP contribution in [0.5, 0.6) is 0 Å². The molecule has 0 heterocycles. The fourth-order valence-corrected chi connectivity index (χ4v) is 2.92. The van der Waals surface area contributed by atoms with Gasteiger partial charge in [0.1, 0.15) is 5.82 Å². The first-order valence-electron chi connectivity index (χ1n) is 7.51. The Hall–Kier alpha value is -2.46. The Bertz CT molecular complexity index is 797. The standard InChI is InChI=1S/C20H15BrFNO/c21-16-11-12-18(17(22)13-16)23-20(24)19(14-7-3-1-4-8-14)15-9-5-2-6-10-15/h1-13,19H,(H,23,24). The molecular formula is C20H15BrFNO. The van der Waals surface area contributed by atoms with Crippen LogP contribution in [0.1, 0.15) is 17.0 Å². The third-order valence-electron chi connectivity index (χ3n) is 3.72. The molecule has 3 rings (SSSR count). The topological polar surface area (TPSA) is 29.1 Å². The molecule has 3 aromatic carbocycles. The number of hydrogen-bond acceptors (Lipinski definition) is 1. The highest BCUT2D eigenvalue weighted by Gasteiger charge is 2.23. The first kappa shape index (κ1) is 16.4. The molecule has 4 heteroatoms. The molecule has 0 spiro atoms. The molecule has 0 aliphatic carbocycles. The van der Waals surface area contributed by atoms with Crippen LogP contribution in [0.3, 0.4) is 0 Å². The Morgan fingerprint density at radius 1 is 0.875 bits per heavy atom. The second-order valence-corrected chi connectivity index (χ2v) is 6.28. The van der Waals surface area contributed by atoms with Crippen molar-refractivity contribution >= 4 is 27.5 Å². The summed E-state index contributed by atoms with van der Waals surface area (Å²) in [5.41, 5.74) is 1.89. The van der Waals surface area contributed by atoms with Gasteiger partial charge in [-0.15, -0.1) is 0 Å². The van der Waals surface area contributed by atoms with Gasteiger partial charge in [0.15, 0.2) is 0 Å². The van der Waals surface area contributed by atoms with Gasteiger partial charge in [0.2, 0.25) is 5.91 Å². The molecular weight excluding hydrogens is 369 g/mol. The van der Waals surface area contributed by atoms with Crippen molar-refractivity contribution in [2.45, 2.75) is 5.92 Å². The van der Waals surface area contributed by atoms with Crippen molar-refractivity contribution in [3.8, 4) is 0 Å². The lowest BCUT2D eigenvalue weighted by Gasteiger charge is -2.18. The van der Waals surface area contributed by atoms with Crippen molar-refractivity contribution < 1.29 is 9.18 Å². The average molecular weight is 384 g/mol. The highest BCUT2D eigenvalue weighted by Crippen LogP contribution is 2.27. The minimum atomic E-state index is -0.504. The molecule has 3 aromatic rings. The summed E-state index contributed by atoms with van der Waals surface area (Å²) in [5, 5.41) is 2.70. The number of carbonyl (C=O) groups excluding carboxylic acids is 1. The molecule has 1 amide bonds. The summed E-state index contributed by atoms with van der Waals surface area (Å²) < 4.78 is 14.7. The number of rotatable bonds is 4. The van der Waals surface area contributed by atoms with Crippen LogP contribution in [0.25, 0.3) is 0 Å². The maximum atomic E-state index is 14.0. The van der Waals surface area contributed by atoms with Crippen molar-refractivity contribution in [2.24, 2.45) is 0 Å². The van der Waals surface area contributed by atoms with E-state index < -0.39 is 11.7 Å². The van der Waals surface area contributed by atoms with Crippen LogP contribution in [0.15, 0.2) is 83.3 Å². The van der Waals surface area contributed by atoms with Crippen LogP contribution >= 0.6 is 15.9 Å². The van der Waals surface area contributed by atoms with E-state index in [1.807, 2.05) is 60.7 Å². The highest BCUT2D eigenvalue weighted by atomic mass is 79.9. The lowest BCUT2D eigenvalue weighted by Crippen LogP contribution is -2.22. The summed E-state index contributed by atoms with van der Waals surface area (Å²) in [6, 6.07) is 23.5. The lowest BCUT2D eigenvalue weighted by molar-refractivity contribution is -0.116. The molecule has 0 aromatic heterocycles. The van der Waals surface area contributed by atoms with Gasteiger partial charge in [0.25, 0.3) is 0 Å². The fourth-order valence-electron chi connectivity index (χ4n) is 2.58. The van der Waals surface area contributed by atoms with E-state index in [1.54, 1.807) is 12.1 Å². The number of benzene rings is 3. The van der Waals surface area contributed by atoms with Gasteiger partial charge in [-0.25, -0.2) is 4.39 Å². The molecule has 0 radical (unpaired) electrons. The zero-order valence-corrected chi connectivity index (χ0v) is 14.3. The zero-order chi connectivity index (χ0) is 16.9. The summed E-state index contributed by atoms with van der Waals surface area (Å²) in [5.74, 6) is -1.25. The fraction of sp³-hybridized carbons (Fsp3) is 0.0500. The van der Waals surface area contributed by atoms with Crippen molar-refractivity contribution in [3.05, 3.63) is 100 Å². The third kappa shape index (κ3) is 3.71. The smallest absolute Gasteiger partial charge is 0.236 e. The van der Waals surface area contributed by atoms with Gasteiger partial charge in [-0.3, -0.25) is 4.79 Å². The first-order chi connectivity index (χ1) is 11.6. The molecule has 24 heavy (non-hydrogen) atoms. The van der Waals surface area contributed by atoms with Gasteiger partial charge in [-0.05, 0) is 29.3 Å². The summed E-state index contributed by atoms with van der Waals surface area (Å²) in [4.78, 5) is 12.9. The predicted molar refractivity (Wildman–Crippen MR) is 97.5 cm³/mol. The van der Waals surface area contributed by atoms with E-state index in [0.29, 0.717) is 4.47 Å². The molecule has 0 saturated carbocycles. The highest BCUT2D eigenvalue weighted by molar-refractivity contribution is 9.10. The van der Waals surface area contributed by atoms with Crippen molar-refractivity contribution in [1.82, 2.24) is 0 Å². The van der Waals surface area contributed by atoms with Crippen LogP contribution < -0.4 is 5.32 Å². The average Bonchev–Trinajstić information content (AvgIpc) is 2.60. The minimum Gasteiger partial charge on any atom is -0.323 e. The first-order valence-corrected chi connectivity index (χ1v) is 8.30. The second kappa shape index (κ2) is 7.41. The van der Waals surface area contributed by atoms with E-state index in [1.165, 1.54) is 6.07 Å². The number of carbonyl (C=O) groups is 1. The Morgan fingerprint density at radius 3 is 1.92 bits per heavy atom. The van der Waals surface area contributed by atoms with Crippen LogP contribution in [-0.2, 0) is 4.79 Å². The van der Waals surface area contributed by atoms with E-state index in [9.17, 15) is 9.18 Å². The molecule has 0 bridgehead atoms. The molecule has 0 fully saturated rings. The molecule has 120 valence electrons. The predicted octanol–water partition coefficient (Wildman–Crippen LogP) is 5.36. The minimum absolute atomic E-state index is 0.167. The van der Waals surface area contributed by atoms with Crippen LogP contribution in [0.2, 0.25) is 0 Å². The number of nitrogens with one attached hydrogen (secondary N) is 1. The van der Waals surface area contributed by atoms with E-state index in [-0.39, 0.29) is 11.6 Å².